The average molecular weight is 610 g/mol. The van der Waals surface area contributed by atoms with Gasteiger partial charge >= 0.3 is 5.97 Å². The zero-order valence-electron chi connectivity index (χ0n) is 24.6. The molecule has 218 valence electrons. The van der Waals surface area contributed by atoms with Gasteiger partial charge in [0.2, 0.25) is 5.91 Å². The van der Waals surface area contributed by atoms with Crippen molar-refractivity contribution in [3.05, 3.63) is 70.1 Å². The molecule has 1 aliphatic carbocycles. The maximum atomic E-state index is 13.4. The molecule has 0 aliphatic heterocycles. The van der Waals surface area contributed by atoms with Gasteiger partial charge in [0.15, 0.2) is 5.11 Å². The monoisotopic (exact) mass is 609 g/mol. The van der Waals surface area contributed by atoms with Gasteiger partial charge in [0.05, 0.1) is 17.4 Å². The van der Waals surface area contributed by atoms with E-state index >= 15 is 0 Å². The van der Waals surface area contributed by atoms with E-state index in [0.717, 1.165) is 41.1 Å². The van der Waals surface area contributed by atoms with Gasteiger partial charge in [-0.15, -0.1) is 23.1 Å². The van der Waals surface area contributed by atoms with Gasteiger partial charge in [-0.3, -0.25) is 4.79 Å². The van der Waals surface area contributed by atoms with Crippen LogP contribution in [0.25, 0.3) is 0 Å². The van der Waals surface area contributed by atoms with Crippen LogP contribution in [0.2, 0.25) is 0 Å². The molecule has 1 aliphatic rings. The highest BCUT2D eigenvalue weighted by Crippen LogP contribution is 2.44. The molecule has 1 aromatic heterocycles. The molecule has 2 unspecified atom stereocenters. The highest BCUT2D eigenvalue weighted by atomic mass is 32.2. The largest absolute Gasteiger partial charge is 0.462 e. The Balaban J connectivity index is 1.43. The fourth-order valence-corrected chi connectivity index (χ4v) is 7.36. The van der Waals surface area contributed by atoms with E-state index in [2.05, 4.69) is 36.7 Å². The van der Waals surface area contributed by atoms with E-state index in [-0.39, 0.29) is 22.5 Å². The van der Waals surface area contributed by atoms with E-state index in [1.165, 1.54) is 33.5 Å². The number of nitrogens with one attached hydrogen (secondary N) is 3. The third kappa shape index (κ3) is 8.11. The molecule has 3 aromatic rings. The van der Waals surface area contributed by atoms with Crippen LogP contribution >= 0.6 is 35.3 Å². The molecular formula is C32H39N3O3S3. The number of benzene rings is 2. The lowest BCUT2D eigenvalue weighted by molar-refractivity contribution is -0.115. The molecule has 0 saturated heterocycles. The highest BCUT2D eigenvalue weighted by Gasteiger charge is 2.34. The Hall–Kier alpha value is -2.88. The number of hydrogen-bond acceptors (Lipinski definition) is 6. The third-order valence-corrected chi connectivity index (χ3v) is 9.76. The van der Waals surface area contributed by atoms with Crippen LogP contribution in [0, 0.1) is 18.3 Å². The van der Waals surface area contributed by atoms with Gasteiger partial charge in [-0.25, -0.2) is 4.79 Å². The SMILES string of the molecule is CCOC(=O)c1c(NC(=O)C(C)Sc2cccc(NC(=S)Nc3ccc(C)cc3)c2)sc2c1CCC(C(C)(C)C)C2. The first-order valence-corrected chi connectivity index (χ1v) is 16.1. The Morgan fingerprint density at radius 2 is 1.80 bits per heavy atom. The van der Waals surface area contributed by atoms with E-state index in [4.69, 9.17) is 17.0 Å². The Morgan fingerprint density at radius 1 is 1.10 bits per heavy atom. The quantitative estimate of drug-likeness (QED) is 0.135. The Morgan fingerprint density at radius 3 is 2.49 bits per heavy atom. The molecule has 4 rings (SSSR count). The highest BCUT2D eigenvalue weighted by molar-refractivity contribution is 8.00. The van der Waals surface area contributed by atoms with Crippen LogP contribution in [0.4, 0.5) is 16.4 Å². The van der Waals surface area contributed by atoms with Gasteiger partial charge < -0.3 is 20.7 Å². The van der Waals surface area contributed by atoms with Crippen LogP contribution in [0.1, 0.15) is 67.4 Å². The Kier molecular flexibility index (Phi) is 10.2. The van der Waals surface area contributed by atoms with Crippen molar-refractivity contribution in [2.24, 2.45) is 11.3 Å². The smallest absolute Gasteiger partial charge is 0.341 e. The molecule has 0 spiro atoms. The predicted octanol–water partition coefficient (Wildman–Crippen LogP) is 8.31. The van der Waals surface area contributed by atoms with Crippen LogP contribution in [0.5, 0.6) is 0 Å². The topological polar surface area (TPSA) is 79.5 Å². The molecule has 9 heteroatoms. The molecule has 0 fully saturated rings. The van der Waals surface area contributed by atoms with Crippen molar-refractivity contribution in [2.75, 3.05) is 22.6 Å². The van der Waals surface area contributed by atoms with Gasteiger partial charge in [0.25, 0.3) is 0 Å². The molecule has 2 atom stereocenters. The van der Waals surface area contributed by atoms with Gasteiger partial charge in [-0.1, -0.05) is 44.5 Å². The summed E-state index contributed by atoms with van der Waals surface area (Å²) in [6.07, 6.45) is 2.76. The molecule has 3 N–H and O–H groups in total. The van der Waals surface area contributed by atoms with E-state index < -0.39 is 0 Å². The van der Waals surface area contributed by atoms with E-state index in [1.54, 1.807) is 6.92 Å². The number of rotatable bonds is 8. The first kappa shape index (κ1) is 31.1. The van der Waals surface area contributed by atoms with Crippen molar-refractivity contribution in [1.29, 1.82) is 0 Å². The van der Waals surface area contributed by atoms with Crippen molar-refractivity contribution in [3.8, 4) is 0 Å². The minimum Gasteiger partial charge on any atom is -0.462 e. The van der Waals surface area contributed by atoms with E-state index in [9.17, 15) is 9.59 Å². The van der Waals surface area contributed by atoms with E-state index in [1.807, 2.05) is 62.4 Å². The van der Waals surface area contributed by atoms with Crippen molar-refractivity contribution < 1.29 is 14.3 Å². The molecule has 2 aromatic carbocycles. The van der Waals surface area contributed by atoms with Crippen molar-refractivity contribution in [2.45, 2.75) is 71.0 Å². The van der Waals surface area contributed by atoms with Crippen LogP contribution in [-0.4, -0.2) is 28.8 Å². The molecule has 0 bridgehead atoms. The second-order valence-corrected chi connectivity index (χ2v) is 14.4. The number of carbonyl (C=O) groups is 2. The predicted molar refractivity (Wildman–Crippen MR) is 177 cm³/mol. The lowest BCUT2D eigenvalue weighted by Gasteiger charge is -2.33. The summed E-state index contributed by atoms with van der Waals surface area (Å²) in [4.78, 5) is 28.4. The summed E-state index contributed by atoms with van der Waals surface area (Å²) in [7, 11) is 0. The molecule has 1 heterocycles. The normalized spacial score (nSPS) is 15.4. The molecule has 41 heavy (non-hydrogen) atoms. The maximum absolute atomic E-state index is 13.4. The second kappa shape index (κ2) is 13.4. The number of anilines is 3. The number of esters is 1. The lowest BCUT2D eigenvalue weighted by atomic mass is 9.72. The molecule has 6 nitrogen and oxygen atoms in total. The van der Waals surface area contributed by atoms with Crippen molar-refractivity contribution >= 4 is 68.7 Å². The summed E-state index contributed by atoms with van der Waals surface area (Å²) in [5.41, 5.74) is 4.68. The number of aryl methyl sites for hydroxylation is 1. The maximum Gasteiger partial charge on any atom is 0.341 e. The third-order valence-electron chi connectivity index (χ3n) is 7.29. The fraction of sp³-hybridized carbons (Fsp3) is 0.406. The number of thiocarbonyl (C=S) groups is 1. The number of hydrogen-bond donors (Lipinski definition) is 3. The first-order chi connectivity index (χ1) is 19.4. The summed E-state index contributed by atoms with van der Waals surface area (Å²) in [5, 5.41) is 10.2. The van der Waals surface area contributed by atoms with Crippen molar-refractivity contribution in [3.63, 3.8) is 0 Å². The van der Waals surface area contributed by atoms with E-state index in [0.29, 0.717) is 28.2 Å². The summed E-state index contributed by atoms with van der Waals surface area (Å²) in [6, 6.07) is 15.8. The van der Waals surface area contributed by atoms with Crippen LogP contribution in [0.3, 0.4) is 0 Å². The summed E-state index contributed by atoms with van der Waals surface area (Å²) in [6.45, 7) is 12.8. The summed E-state index contributed by atoms with van der Waals surface area (Å²) >= 11 is 8.46. The van der Waals surface area contributed by atoms with Crippen LogP contribution < -0.4 is 16.0 Å². The Bertz CT molecular complexity index is 1410. The number of amides is 1. The summed E-state index contributed by atoms with van der Waals surface area (Å²) in [5.74, 6) is 0.0211. The zero-order valence-corrected chi connectivity index (χ0v) is 27.0. The Labute approximate surface area is 257 Å². The van der Waals surface area contributed by atoms with Gasteiger partial charge in [-0.2, -0.15) is 0 Å². The molecule has 0 radical (unpaired) electrons. The zero-order chi connectivity index (χ0) is 29.7. The lowest BCUT2D eigenvalue weighted by Crippen LogP contribution is -2.27. The van der Waals surface area contributed by atoms with Gasteiger partial charge in [0.1, 0.15) is 5.00 Å². The number of ether oxygens (including phenoxy) is 1. The molecule has 0 saturated carbocycles. The first-order valence-electron chi connectivity index (χ1n) is 14.0. The number of thioether (sulfide) groups is 1. The molecule has 1 amide bonds. The summed E-state index contributed by atoms with van der Waals surface area (Å²) < 4.78 is 5.40. The minimum absolute atomic E-state index is 0.151. The van der Waals surface area contributed by atoms with Gasteiger partial charge in [0, 0.05) is 21.1 Å². The number of thiophene rings is 1. The second-order valence-electron chi connectivity index (χ2n) is 11.5. The molecular weight excluding hydrogens is 571 g/mol. The van der Waals surface area contributed by atoms with Crippen LogP contribution in [-0.2, 0) is 22.4 Å². The van der Waals surface area contributed by atoms with Crippen LogP contribution in [0.15, 0.2) is 53.4 Å². The minimum atomic E-state index is -0.389. The fourth-order valence-electron chi connectivity index (χ4n) is 4.88. The number of fused-ring (bicyclic) bond motifs is 1. The van der Waals surface area contributed by atoms with Crippen molar-refractivity contribution in [1.82, 2.24) is 0 Å². The van der Waals surface area contributed by atoms with Gasteiger partial charge in [-0.05, 0) is 99.5 Å². The average Bonchev–Trinajstić information content (AvgIpc) is 3.27. The number of carbonyl (C=O) groups excluding carboxylic acids is 2. The standard InChI is InChI=1S/C32H39N3O3S3/c1-7-38-30(37)27-25-16-13-21(32(4,5)6)17-26(25)41-29(27)35-28(36)20(3)40-24-10-8-9-23(18-24)34-31(39)33-22-14-11-19(2)12-15-22/h8-12,14-15,18,20-21H,7,13,16-17H2,1-6H3,(H,35,36)(H2,33,34,39).